The summed E-state index contributed by atoms with van der Waals surface area (Å²) >= 11 is 1.44. The highest BCUT2D eigenvalue weighted by Gasteiger charge is 2.18. The first-order valence-electron chi connectivity index (χ1n) is 6.87. The van der Waals surface area contributed by atoms with Gasteiger partial charge in [0.25, 0.3) is 5.69 Å². The quantitative estimate of drug-likeness (QED) is 0.473. The third-order valence-electron chi connectivity index (χ3n) is 3.35. The van der Waals surface area contributed by atoms with Crippen molar-refractivity contribution in [3.8, 4) is 0 Å². The van der Waals surface area contributed by atoms with Crippen molar-refractivity contribution < 1.29 is 14.5 Å². The summed E-state index contributed by atoms with van der Waals surface area (Å²) < 4.78 is 5.22. The summed E-state index contributed by atoms with van der Waals surface area (Å²) in [5.41, 5.74) is 1.000. The van der Waals surface area contributed by atoms with Crippen LogP contribution in [0.15, 0.2) is 23.1 Å². The zero-order valence-electron chi connectivity index (χ0n) is 11.9. The molecule has 1 aromatic carbocycles. The maximum atomic E-state index is 12.1. The molecule has 0 radical (unpaired) electrons. The average molecular weight is 310 g/mol. The largest absolute Gasteiger partial charge is 0.378 e. The number of non-ortho nitro benzene ring substituents is 1. The summed E-state index contributed by atoms with van der Waals surface area (Å²) in [5.74, 6) is 0.439. The molecule has 1 amide bonds. The Hall–Kier alpha value is -1.60. The van der Waals surface area contributed by atoms with Gasteiger partial charge in [0.05, 0.1) is 23.9 Å². The minimum absolute atomic E-state index is 0.0868. The van der Waals surface area contributed by atoms with Gasteiger partial charge in [0.2, 0.25) is 5.91 Å². The van der Waals surface area contributed by atoms with Crippen LogP contribution < -0.4 is 0 Å². The van der Waals surface area contributed by atoms with Gasteiger partial charge >= 0.3 is 0 Å². The monoisotopic (exact) mass is 310 g/mol. The number of hydrogen-bond donors (Lipinski definition) is 0. The first kappa shape index (κ1) is 15.8. The van der Waals surface area contributed by atoms with Crippen LogP contribution in [0.25, 0.3) is 0 Å². The Kier molecular flexibility index (Phi) is 5.58. The average Bonchev–Trinajstić information content (AvgIpc) is 2.53. The topological polar surface area (TPSA) is 72.7 Å². The predicted molar refractivity (Wildman–Crippen MR) is 80.6 cm³/mol. The van der Waals surface area contributed by atoms with Crippen molar-refractivity contribution in [3.63, 3.8) is 0 Å². The minimum Gasteiger partial charge on any atom is -0.378 e. The Morgan fingerprint density at radius 3 is 2.76 bits per heavy atom. The van der Waals surface area contributed by atoms with Gasteiger partial charge in [-0.05, 0) is 18.1 Å². The molecule has 0 spiro atoms. The number of aryl methyl sites for hydroxylation is 1. The van der Waals surface area contributed by atoms with E-state index in [9.17, 15) is 14.9 Å². The lowest BCUT2D eigenvalue weighted by molar-refractivity contribution is -0.385. The van der Waals surface area contributed by atoms with Gasteiger partial charge in [-0.15, -0.1) is 11.8 Å². The second kappa shape index (κ2) is 7.42. The van der Waals surface area contributed by atoms with Crippen LogP contribution in [0, 0.1) is 10.1 Å². The molecule has 1 fully saturated rings. The second-order valence-electron chi connectivity index (χ2n) is 4.68. The summed E-state index contributed by atoms with van der Waals surface area (Å²) in [5, 5.41) is 10.8. The SMILES string of the molecule is CCc1cc([N+](=O)[O-])ccc1SCC(=O)N1CCOCC1. The van der Waals surface area contributed by atoms with E-state index in [1.165, 1.54) is 17.8 Å². The van der Waals surface area contributed by atoms with Gasteiger partial charge in [-0.1, -0.05) is 6.92 Å². The van der Waals surface area contributed by atoms with Crippen molar-refractivity contribution in [2.24, 2.45) is 0 Å². The number of carbonyl (C=O) groups excluding carboxylic acids is 1. The lowest BCUT2D eigenvalue weighted by Gasteiger charge is -2.26. The van der Waals surface area contributed by atoms with E-state index < -0.39 is 4.92 Å². The second-order valence-corrected chi connectivity index (χ2v) is 5.70. The Balaban J connectivity index is 1.98. The number of benzene rings is 1. The van der Waals surface area contributed by atoms with Crippen molar-refractivity contribution in [3.05, 3.63) is 33.9 Å². The molecule has 2 rings (SSSR count). The fourth-order valence-corrected chi connectivity index (χ4v) is 3.15. The van der Waals surface area contributed by atoms with Crippen molar-refractivity contribution in [2.45, 2.75) is 18.2 Å². The van der Waals surface area contributed by atoms with Gasteiger partial charge in [-0.25, -0.2) is 0 Å². The van der Waals surface area contributed by atoms with Crippen molar-refractivity contribution in [2.75, 3.05) is 32.1 Å². The van der Waals surface area contributed by atoms with Crippen LogP contribution in [0.2, 0.25) is 0 Å². The summed E-state index contributed by atoms with van der Waals surface area (Å²) in [4.78, 5) is 25.2. The first-order valence-corrected chi connectivity index (χ1v) is 7.86. The number of thioether (sulfide) groups is 1. The fourth-order valence-electron chi connectivity index (χ4n) is 2.14. The third-order valence-corrected chi connectivity index (χ3v) is 4.45. The Labute approximate surface area is 127 Å². The molecule has 7 heteroatoms. The normalized spacial score (nSPS) is 15.0. The summed E-state index contributed by atoms with van der Waals surface area (Å²) in [6.45, 7) is 4.41. The molecule has 0 N–H and O–H groups in total. The number of nitrogens with zero attached hydrogens (tertiary/aromatic N) is 2. The lowest BCUT2D eigenvalue weighted by atomic mass is 10.1. The molecule has 1 aliphatic heterocycles. The van der Waals surface area contributed by atoms with E-state index in [-0.39, 0.29) is 11.6 Å². The lowest BCUT2D eigenvalue weighted by Crippen LogP contribution is -2.41. The summed E-state index contributed by atoms with van der Waals surface area (Å²) in [6.07, 6.45) is 0.704. The number of rotatable bonds is 5. The van der Waals surface area contributed by atoms with Gasteiger partial charge in [0.15, 0.2) is 0 Å². The number of ether oxygens (including phenoxy) is 1. The standard InChI is InChI=1S/C14H18N2O4S/c1-2-11-9-12(16(18)19)3-4-13(11)21-10-14(17)15-5-7-20-8-6-15/h3-4,9H,2,5-8,10H2,1H3. The van der Waals surface area contributed by atoms with Gasteiger partial charge in [-0.3, -0.25) is 14.9 Å². The predicted octanol–water partition coefficient (Wildman–Crippen LogP) is 2.11. The van der Waals surface area contributed by atoms with E-state index in [2.05, 4.69) is 0 Å². The molecule has 114 valence electrons. The molecule has 0 unspecified atom stereocenters. The van der Waals surface area contributed by atoms with Crippen molar-refractivity contribution in [1.29, 1.82) is 0 Å². The fraction of sp³-hybridized carbons (Fsp3) is 0.500. The molecular weight excluding hydrogens is 292 g/mol. The number of morpholine rings is 1. The van der Waals surface area contributed by atoms with Gasteiger partial charge in [0.1, 0.15) is 0 Å². The number of amides is 1. The Morgan fingerprint density at radius 1 is 1.43 bits per heavy atom. The van der Waals surface area contributed by atoms with Crippen LogP contribution in [0.1, 0.15) is 12.5 Å². The van der Waals surface area contributed by atoms with Crippen molar-refractivity contribution >= 4 is 23.4 Å². The Morgan fingerprint density at radius 2 is 2.14 bits per heavy atom. The van der Waals surface area contributed by atoms with Crippen LogP contribution >= 0.6 is 11.8 Å². The zero-order chi connectivity index (χ0) is 15.2. The number of nitro groups is 1. The van der Waals surface area contributed by atoms with Crippen LogP contribution in [-0.2, 0) is 16.0 Å². The molecule has 0 atom stereocenters. The van der Waals surface area contributed by atoms with Gasteiger partial charge < -0.3 is 9.64 Å². The van der Waals surface area contributed by atoms with E-state index in [0.717, 1.165) is 10.5 Å². The van der Waals surface area contributed by atoms with E-state index in [1.54, 1.807) is 17.0 Å². The number of hydrogen-bond acceptors (Lipinski definition) is 5. The van der Waals surface area contributed by atoms with E-state index >= 15 is 0 Å². The number of nitro benzene ring substituents is 1. The minimum atomic E-state index is -0.396. The molecule has 1 saturated heterocycles. The van der Waals surface area contributed by atoms with Crippen LogP contribution in [-0.4, -0.2) is 47.8 Å². The third kappa shape index (κ3) is 4.18. The maximum Gasteiger partial charge on any atom is 0.269 e. The van der Waals surface area contributed by atoms with E-state index in [0.29, 0.717) is 38.5 Å². The van der Waals surface area contributed by atoms with E-state index in [1.807, 2.05) is 6.92 Å². The molecule has 0 aliphatic carbocycles. The first-order chi connectivity index (χ1) is 10.1. The number of carbonyl (C=O) groups is 1. The molecule has 1 aromatic rings. The molecular formula is C14H18N2O4S. The highest BCUT2D eigenvalue weighted by molar-refractivity contribution is 8.00. The Bertz CT molecular complexity index is 530. The zero-order valence-corrected chi connectivity index (χ0v) is 12.7. The van der Waals surface area contributed by atoms with Crippen LogP contribution in [0.3, 0.4) is 0 Å². The smallest absolute Gasteiger partial charge is 0.269 e. The molecule has 1 heterocycles. The van der Waals surface area contributed by atoms with Crippen molar-refractivity contribution in [1.82, 2.24) is 4.90 Å². The molecule has 0 aromatic heterocycles. The molecule has 1 aliphatic rings. The molecule has 6 nitrogen and oxygen atoms in total. The molecule has 0 saturated carbocycles. The van der Waals surface area contributed by atoms with E-state index in [4.69, 9.17) is 4.74 Å². The molecule has 0 bridgehead atoms. The summed E-state index contributed by atoms with van der Waals surface area (Å²) in [7, 11) is 0. The van der Waals surface area contributed by atoms with Crippen LogP contribution in [0.4, 0.5) is 5.69 Å². The van der Waals surface area contributed by atoms with Gasteiger partial charge in [-0.2, -0.15) is 0 Å². The van der Waals surface area contributed by atoms with Gasteiger partial charge in [0, 0.05) is 30.1 Å². The molecule has 21 heavy (non-hydrogen) atoms. The highest BCUT2D eigenvalue weighted by Crippen LogP contribution is 2.27. The summed E-state index contributed by atoms with van der Waals surface area (Å²) in [6, 6.07) is 4.80. The van der Waals surface area contributed by atoms with Crippen LogP contribution in [0.5, 0.6) is 0 Å². The highest BCUT2D eigenvalue weighted by atomic mass is 32.2. The maximum absolute atomic E-state index is 12.1.